The van der Waals surface area contributed by atoms with Gasteiger partial charge in [0.1, 0.15) is 12.6 Å². The lowest BCUT2D eigenvalue weighted by Crippen LogP contribution is -2.52. The van der Waals surface area contributed by atoms with Gasteiger partial charge in [-0.2, -0.15) is 0 Å². The Labute approximate surface area is 231 Å². The highest BCUT2D eigenvalue weighted by Crippen LogP contribution is 2.26. The van der Waals surface area contributed by atoms with Crippen LogP contribution in [0.15, 0.2) is 83.8 Å². The molecule has 4 rings (SSSR count). The first-order valence-corrected chi connectivity index (χ1v) is 14.9. The van der Waals surface area contributed by atoms with Crippen LogP contribution in [0.2, 0.25) is 0 Å². The summed E-state index contributed by atoms with van der Waals surface area (Å²) in [5, 5.41) is 3.09. The molecule has 1 aliphatic carbocycles. The van der Waals surface area contributed by atoms with Crippen LogP contribution < -0.4 is 9.62 Å². The van der Waals surface area contributed by atoms with Gasteiger partial charge in [0.2, 0.25) is 11.8 Å². The number of nitrogens with zero attached hydrogens (tertiary/aromatic N) is 2. The molecule has 0 aromatic heterocycles. The summed E-state index contributed by atoms with van der Waals surface area (Å²) in [6.45, 7) is 5.31. The van der Waals surface area contributed by atoms with Gasteiger partial charge in [0, 0.05) is 12.6 Å². The van der Waals surface area contributed by atoms with E-state index in [0.717, 1.165) is 46.7 Å². The molecule has 0 bridgehead atoms. The van der Waals surface area contributed by atoms with Crippen LogP contribution in [0, 0.1) is 13.8 Å². The molecule has 3 aromatic rings. The first kappa shape index (κ1) is 28.4. The largest absolute Gasteiger partial charge is 0.352 e. The van der Waals surface area contributed by atoms with E-state index >= 15 is 0 Å². The molecule has 7 nitrogen and oxygen atoms in total. The molecule has 0 spiro atoms. The quantitative estimate of drug-likeness (QED) is 0.388. The van der Waals surface area contributed by atoms with Gasteiger partial charge in [0.25, 0.3) is 10.0 Å². The lowest BCUT2D eigenvalue weighted by Gasteiger charge is -2.32. The van der Waals surface area contributed by atoms with Crippen molar-refractivity contribution in [3.63, 3.8) is 0 Å². The number of carbonyl (C=O) groups is 2. The highest BCUT2D eigenvalue weighted by molar-refractivity contribution is 7.92. The fourth-order valence-electron chi connectivity index (χ4n) is 4.88. The van der Waals surface area contributed by atoms with E-state index in [9.17, 15) is 18.0 Å². The molecule has 1 fully saturated rings. The third kappa shape index (κ3) is 6.87. The number of hydrogen-bond donors (Lipinski definition) is 1. The molecular weight excluding hydrogens is 510 g/mol. The third-order valence-corrected chi connectivity index (χ3v) is 9.24. The molecule has 8 heteroatoms. The SMILES string of the molecule is Cc1ccc(N(CC(=O)N(Cc2ccccc2)[C@@H](C)C(=O)NC2CCCC2)S(=O)(=O)c2ccccc2)cc1C. The Bertz CT molecular complexity index is 1390. The Kier molecular flexibility index (Phi) is 9.07. The summed E-state index contributed by atoms with van der Waals surface area (Å²) in [6, 6.07) is 22.2. The van der Waals surface area contributed by atoms with Crippen LogP contribution in [0.25, 0.3) is 0 Å². The van der Waals surface area contributed by atoms with Crippen molar-refractivity contribution in [2.24, 2.45) is 0 Å². The van der Waals surface area contributed by atoms with E-state index in [1.165, 1.54) is 17.0 Å². The second-order valence-corrected chi connectivity index (χ2v) is 12.1. The van der Waals surface area contributed by atoms with Crippen LogP contribution >= 0.6 is 0 Å². The van der Waals surface area contributed by atoms with Crippen molar-refractivity contribution in [1.82, 2.24) is 10.2 Å². The van der Waals surface area contributed by atoms with Gasteiger partial charge in [-0.05, 0) is 74.6 Å². The van der Waals surface area contributed by atoms with E-state index in [1.54, 1.807) is 37.3 Å². The highest BCUT2D eigenvalue weighted by atomic mass is 32.2. The maximum absolute atomic E-state index is 14.0. The van der Waals surface area contributed by atoms with Gasteiger partial charge in [-0.3, -0.25) is 13.9 Å². The molecule has 1 saturated carbocycles. The zero-order chi connectivity index (χ0) is 28.0. The predicted molar refractivity (Wildman–Crippen MR) is 154 cm³/mol. The van der Waals surface area contributed by atoms with Crippen LogP contribution in [-0.2, 0) is 26.2 Å². The topological polar surface area (TPSA) is 86.8 Å². The Balaban J connectivity index is 1.68. The van der Waals surface area contributed by atoms with E-state index in [0.29, 0.717) is 5.69 Å². The number of anilines is 1. The summed E-state index contributed by atoms with van der Waals surface area (Å²) in [7, 11) is -4.06. The fraction of sp³-hybridized carbons (Fsp3) is 0.355. The first-order valence-electron chi connectivity index (χ1n) is 13.5. The highest BCUT2D eigenvalue weighted by Gasteiger charge is 2.33. The molecule has 3 aromatic carbocycles. The third-order valence-electron chi connectivity index (χ3n) is 7.45. The van der Waals surface area contributed by atoms with Crippen molar-refractivity contribution in [3.05, 3.63) is 95.6 Å². The zero-order valence-corrected chi connectivity index (χ0v) is 23.7. The molecule has 1 aliphatic rings. The van der Waals surface area contributed by atoms with Gasteiger partial charge < -0.3 is 10.2 Å². The van der Waals surface area contributed by atoms with E-state index in [2.05, 4.69) is 5.32 Å². The van der Waals surface area contributed by atoms with Crippen LogP contribution in [0.1, 0.15) is 49.3 Å². The molecule has 2 amide bonds. The maximum atomic E-state index is 14.0. The lowest BCUT2D eigenvalue weighted by molar-refractivity contribution is -0.139. The minimum absolute atomic E-state index is 0.0951. The molecule has 1 atom stereocenters. The van der Waals surface area contributed by atoms with Crippen molar-refractivity contribution in [2.75, 3.05) is 10.8 Å². The first-order chi connectivity index (χ1) is 18.7. The van der Waals surface area contributed by atoms with Crippen molar-refractivity contribution in [3.8, 4) is 0 Å². The average Bonchev–Trinajstić information content (AvgIpc) is 3.45. The molecule has 0 unspecified atom stereocenters. The van der Waals surface area contributed by atoms with Crippen LogP contribution in [0.3, 0.4) is 0 Å². The van der Waals surface area contributed by atoms with E-state index < -0.39 is 28.5 Å². The molecule has 0 radical (unpaired) electrons. The minimum atomic E-state index is -4.06. The van der Waals surface area contributed by atoms with Crippen LogP contribution in [0.5, 0.6) is 0 Å². The number of carbonyl (C=O) groups excluding carboxylic acids is 2. The molecule has 206 valence electrons. The Morgan fingerprint density at radius 3 is 2.13 bits per heavy atom. The summed E-state index contributed by atoms with van der Waals surface area (Å²) in [6.07, 6.45) is 4.02. The number of amides is 2. The van der Waals surface area contributed by atoms with Crippen molar-refractivity contribution in [1.29, 1.82) is 0 Å². The Hall–Kier alpha value is -3.65. The van der Waals surface area contributed by atoms with E-state index in [1.807, 2.05) is 50.2 Å². The summed E-state index contributed by atoms with van der Waals surface area (Å²) in [5.74, 6) is -0.680. The summed E-state index contributed by atoms with van der Waals surface area (Å²) < 4.78 is 28.9. The number of hydrogen-bond acceptors (Lipinski definition) is 4. The number of benzene rings is 3. The van der Waals surface area contributed by atoms with Gasteiger partial charge in [0.05, 0.1) is 10.6 Å². The summed E-state index contributed by atoms with van der Waals surface area (Å²) in [5.41, 5.74) is 3.19. The summed E-state index contributed by atoms with van der Waals surface area (Å²) in [4.78, 5) is 28.8. The fourth-order valence-corrected chi connectivity index (χ4v) is 6.31. The lowest BCUT2D eigenvalue weighted by atomic mass is 10.1. The number of aryl methyl sites for hydroxylation is 2. The second-order valence-electron chi connectivity index (χ2n) is 10.3. The molecule has 0 saturated heterocycles. The van der Waals surface area contributed by atoms with E-state index in [-0.39, 0.29) is 23.4 Å². The van der Waals surface area contributed by atoms with Crippen molar-refractivity contribution < 1.29 is 18.0 Å². The standard InChI is InChI=1S/C31H37N3O4S/c1-23-18-19-28(20-24(23)2)34(39(37,38)29-16-8-5-9-17-29)22-30(35)33(21-26-12-6-4-7-13-26)25(3)31(36)32-27-14-10-11-15-27/h4-9,12-13,16-20,25,27H,10-11,14-15,21-22H2,1-3H3,(H,32,36)/t25-/m0/s1. The van der Waals surface area contributed by atoms with Crippen LogP contribution in [0.4, 0.5) is 5.69 Å². The smallest absolute Gasteiger partial charge is 0.264 e. The Morgan fingerprint density at radius 2 is 1.51 bits per heavy atom. The average molecular weight is 548 g/mol. The molecule has 1 N–H and O–H groups in total. The maximum Gasteiger partial charge on any atom is 0.264 e. The molecule has 0 heterocycles. The van der Waals surface area contributed by atoms with Gasteiger partial charge in [-0.25, -0.2) is 8.42 Å². The van der Waals surface area contributed by atoms with Gasteiger partial charge in [-0.1, -0.05) is 67.4 Å². The predicted octanol–water partition coefficient (Wildman–Crippen LogP) is 4.97. The number of sulfonamides is 1. The Morgan fingerprint density at radius 1 is 0.897 bits per heavy atom. The molecular formula is C31H37N3O4S. The van der Waals surface area contributed by atoms with Crippen LogP contribution in [-0.4, -0.2) is 43.8 Å². The van der Waals surface area contributed by atoms with Crippen molar-refractivity contribution >= 4 is 27.5 Å². The van der Waals surface area contributed by atoms with Gasteiger partial charge in [-0.15, -0.1) is 0 Å². The normalized spacial score (nSPS) is 14.5. The number of nitrogens with one attached hydrogen (secondary N) is 1. The van der Waals surface area contributed by atoms with Gasteiger partial charge in [0.15, 0.2) is 0 Å². The monoisotopic (exact) mass is 547 g/mol. The second kappa shape index (κ2) is 12.5. The minimum Gasteiger partial charge on any atom is -0.352 e. The zero-order valence-electron chi connectivity index (χ0n) is 22.8. The molecule has 39 heavy (non-hydrogen) atoms. The number of rotatable bonds is 10. The molecule has 0 aliphatic heterocycles. The summed E-state index contributed by atoms with van der Waals surface area (Å²) >= 11 is 0. The van der Waals surface area contributed by atoms with E-state index in [4.69, 9.17) is 0 Å². The van der Waals surface area contributed by atoms with Crippen molar-refractivity contribution in [2.45, 2.75) is 70.0 Å². The van der Waals surface area contributed by atoms with Gasteiger partial charge >= 0.3 is 0 Å².